The molecule has 0 bridgehead atoms. The smallest absolute Gasteiger partial charge is 0.346 e. The number of benzene rings is 2. The highest BCUT2D eigenvalue weighted by Gasteiger charge is 2.25. The standard InChI is InChI=1S/C21H26N2O7S/c1-13-10-11-15(31(26,27)23(3)4)12-16(13)22-20(24)14(2)30-21(25)19-17(28-5)8-7-9-18(19)29-6/h7-12,14H,1-6H3,(H,22,24). The lowest BCUT2D eigenvalue weighted by Gasteiger charge is -2.18. The summed E-state index contributed by atoms with van der Waals surface area (Å²) in [7, 11) is 1.97. The first kappa shape index (κ1) is 24.2. The predicted molar refractivity (Wildman–Crippen MR) is 115 cm³/mol. The Morgan fingerprint density at radius 3 is 2.13 bits per heavy atom. The van der Waals surface area contributed by atoms with E-state index in [1.807, 2.05) is 0 Å². The molecule has 0 aliphatic rings. The second kappa shape index (κ2) is 9.80. The average Bonchev–Trinajstić information content (AvgIpc) is 2.73. The van der Waals surface area contributed by atoms with Crippen LogP contribution in [0.15, 0.2) is 41.3 Å². The van der Waals surface area contributed by atoms with E-state index in [2.05, 4.69) is 5.32 Å². The van der Waals surface area contributed by atoms with Crippen LogP contribution in [-0.2, 0) is 19.6 Å². The van der Waals surface area contributed by atoms with Gasteiger partial charge in [0, 0.05) is 19.8 Å². The molecule has 9 nitrogen and oxygen atoms in total. The van der Waals surface area contributed by atoms with Crippen molar-refractivity contribution in [1.82, 2.24) is 4.31 Å². The number of rotatable bonds is 8. The number of nitrogens with one attached hydrogen (secondary N) is 1. The monoisotopic (exact) mass is 450 g/mol. The largest absolute Gasteiger partial charge is 0.496 e. The Balaban J connectivity index is 2.22. The number of carbonyl (C=O) groups is 2. The molecule has 1 amide bonds. The zero-order valence-electron chi connectivity index (χ0n) is 18.3. The van der Waals surface area contributed by atoms with Gasteiger partial charge in [0.05, 0.1) is 19.1 Å². The highest BCUT2D eigenvalue weighted by atomic mass is 32.2. The minimum Gasteiger partial charge on any atom is -0.496 e. The summed E-state index contributed by atoms with van der Waals surface area (Å²) in [5.41, 5.74) is 1.00. The van der Waals surface area contributed by atoms with E-state index in [1.165, 1.54) is 47.4 Å². The summed E-state index contributed by atoms with van der Waals surface area (Å²) in [6.07, 6.45) is -1.17. The third kappa shape index (κ3) is 5.33. The molecule has 1 unspecified atom stereocenters. The molecule has 168 valence electrons. The van der Waals surface area contributed by atoms with Crippen LogP contribution in [0.2, 0.25) is 0 Å². The van der Waals surface area contributed by atoms with Crippen LogP contribution < -0.4 is 14.8 Å². The quantitative estimate of drug-likeness (QED) is 0.615. The second-order valence-corrected chi connectivity index (χ2v) is 8.99. The molecule has 2 rings (SSSR count). The highest BCUT2D eigenvalue weighted by molar-refractivity contribution is 7.89. The van der Waals surface area contributed by atoms with Gasteiger partial charge in [-0.25, -0.2) is 17.5 Å². The van der Waals surface area contributed by atoms with Crippen LogP contribution in [0.4, 0.5) is 5.69 Å². The number of amides is 1. The van der Waals surface area contributed by atoms with Crippen molar-refractivity contribution in [1.29, 1.82) is 0 Å². The molecular formula is C21H26N2O7S. The van der Waals surface area contributed by atoms with Gasteiger partial charge in [-0.3, -0.25) is 4.79 Å². The van der Waals surface area contributed by atoms with Crippen LogP contribution in [0.25, 0.3) is 0 Å². The van der Waals surface area contributed by atoms with Crippen LogP contribution in [-0.4, -0.2) is 59.0 Å². The van der Waals surface area contributed by atoms with Crippen LogP contribution >= 0.6 is 0 Å². The molecule has 1 N–H and O–H groups in total. The number of sulfonamides is 1. The summed E-state index contributed by atoms with van der Waals surface area (Å²) >= 11 is 0. The van der Waals surface area contributed by atoms with Crippen molar-refractivity contribution in [2.75, 3.05) is 33.6 Å². The first-order chi connectivity index (χ1) is 14.5. The van der Waals surface area contributed by atoms with Crippen LogP contribution in [0.3, 0.4) is 0 Å². The van der Waals surface area contributed by atoms with Crippen LogP contribution in [0.5, 0.6) is 11.5 Å². The van der Waals surface area contributed by atoms with Gasteiger partial charge in [0.2, 0.25) is 10.0 Å². The average molecular weight is 451 g/mol. The molecule has 0 saturated carbocycles. The van der Waals surface area contributed by atoms with Gasteiger partial charge >= 0.3 is 5.97 Å². The van der Waals surface area contributed by atoms with Crippen molar-refractivity contribution < 1.29 is 32.2 Å². The molecule has 0 fully saturated rings. The molecule has 0 heterocycles. The Morgan fingerprint density at radius 2 is 1.61 bits per heavy atom. The van der Waals surface area contributed by atoms with Gasteiger partial charge in [-0.1, -0.05) is 12.1 Å². The van der Waals surface area contributed by atoms with E-state index in [-0.39, 0.29) is 22.0 Å². The third-order valence-corrected chi connectivity index (χ3v) is 6.34. The number of aryl methyl sites for hydroxylation is 1. The van der Waals surface area contributed by atoms with Crippen molar-refractivity contribution in [3.8, 4) is 11.5 Å². The lowest BCUT2D eigenvalue weighted by molar-refractivity contribution is -0.123. The summed E-state index contributed by atoms with van der Waals surface area (Å²) in [6, 6.07) is 9.20. The Bertz CT molecular complexity index is 1060. The van der Waals surface area contributed by atoms with E-state index < -0.39 is 28.0 Å². The summed E-state index contributed by atoms with van der Waals surface area (Å²) in [4.78, 5) is 25.3. The third-order valence-electron chi connectivity index (χ3n) is 4.53. The van der Waals surface area contributed by atoms with Crippen molar-refractivity contribution in [3.05, 3.63) is 47.5 Å². The molecule has 2 aromatic rings. The van der Waals surface area contributed by atoms with Gasteiger partial charge in [0.15, 0.2) is 6.10 Å². The van der Waals surface area contributed by atoms with Crippen LogP contribution in [0, 0.1) is 6.92 Å². The molecule has 31 heavy (non-hydrogen) atoms. The number of hydrogen-bond donors (Lipinski definition) is 1. The maximum Gasteiger partial charge on any atom is 0.346 e. The maximum atomic E-state index is 12.7. The number of carbonyl (C=O) groups excluding carboxylic acids is 2. The van der Waals surface area contributed by atoms with Gasteiger partial charge in [0.1, 0.15) is 17.1 Å². The fourth-order valence-corrected chi connectivity index (χ4v) is 3.60. The number of esters is 1. The van der Waals surface area contributed by atoms with E-state index in [0.717, 1.165) is 4.31 Å². The second-order valence-electron chi connectivity index (χ2n) is 6.84. The molecule has 1 atom stereocenters. The molecule has 0 aromatic heterocycles. The normalized spacial score (nSPS) is 12.2. The van der Waals surface area contributed by atoms with E-state index in [1.54, 1.807) is 31.2 Å². The topological polar surface area (TPSA) is 111 Å². The summed E-state index contributed by atoms with van der Waals surface area (Å²) in [6.45, 7) is 3.13. The molecule has 0 saturated heterocycles. The maximum absolute atomic E-state index is 12.7. The Hall–Kier alpha value is -3.11. The summed E-state index contributed by atoms with van der Waals surface area (Å²) < 4.78 is 41.5. The molecule has 10 heteroatoms. The predicted octanol–water partition coefficient (Wildman–Crippen LogP) is 2.45. The van der Waals surface area contributed by atoms with Gasteiger partial charge in [-0.15, -0.1) is 0 Å². The van der Waals surface area contributed by atoms with Crippen molar-refractivity contribution in [3.63, 3.8) is 0 Å². The summed E-state index contributed by atoms with van der Waals surface area (Å²) in [5, 5.41) is 2.61. The van der Waals surface area contributed by atoms with Gasteiger partial charge in [0.25, 0.3) is 5.91 Å². The van der Waals surface area contributed by atoms with Crippen molar-refractivity contribution in [2.24, 2.45) is 0 Å². The van der Waals surface area contributed by atoms with Gasteiger partial charge in [-0.2, -0.15) is 0 Å². The van der Waals surface area contributed by atoms with E-state index in [4.69, 9.17) is 14.2 Å². The Morgan fingerprint density at radius 1 is 1.03 bits per heavy atom. The Labute approximate surface area is 182 Å². The number of anilines is 1. The Kier molecular flexibility index (Phi) is 7.64. The molecule has 0 aliphatic heterocycles. The minimum absolute atomic E-state index is 0.0295. The molecule has 2 aromatic carbocycles. The molecule has 0 radical (unpaired) electrons. The minimum atomic E-state index is -3.67. The number of hydrogen-bond acceptors (Lipinski definition) is 7. The highest BCUT2D eigenvalue weighted by Crippen LogP contribution is 2.29. The van der Waals surface area contributed by atoms with Crippen molar-refractivity contribution in [2.45, 2.75) is 24.8 Å². The lowest BCUT2D eigenvalue weighted by Crippen LogP contribution is -2.30. The van der Waals surface area contributed by atoms with Crippen LogP contribution in [0.1, 0.15) is 22.8 Å². The molecule has 0 aliphatic carbocycles. The lowest BCUT2D eigenvalue weighted by atomic mass is 10.1. The molecular weight excluding hydrogens is 424 g/mol. The first-order valence-electron chi connectivity index (χ1n) is 9.29. The fourth-order valence-electron chi connectivity index (χ4n) is 2.67. The number of ether oxygens (including phenoxy) is 3. The fraction of sp³-hybridized carbons (Fsp3) is 0.333. The van der Waals surface area contributed by atoms with E-state index in [0.29, 0.717) is 11.3 Å². The van der Waals surface area contributed by atoms with E-state index in [9.17, 15) is 18.0 Å². The summed E-state index contributed by atoms with van der Waals surface area (Å²) in [5.74, 6) is -0.925. The SMILES string of the molecule is COc1cccc(OC)c1C(=O)OC(C)C(=O)Nc1cc(S(=O)(=O)N(C)C)ccc1C. The molecule has 0 spiro atoms. The first-order valence-corrected chi connectivity index (χ1v) is 10.7. The number of methoxy groups -OCH3 is 2. The zero-order chi connectivity index (χ0) is 23.3. The zero-order valence-corrected chi connectivity index (χ0v) is 19.1. The van der Waals surface area contributed by atoms with E-state index >= 15 is 0 Å². The van der Waals surface area contributed by atoms with Crippen molar-refractivity contribution >= 4 is 27.6 Å². The number of nitrogens with zero attached hydrogens (tertiary/aromatic N) is 1. The van der Waals surface area contributed by atoms with Gasteiger partial charge < -0.3 is 19.5 Å². The van der Waals surface area contributed by atoms with Gasteiger partial charge in [-0.05, 0) is 43.7 Å².